The maximum atomic E-state index is 12.5. The van der Waals surface area contributed by atoms with Gasteiger partial charge in [-0.05, 0) is 131 Å². The van der Waals surface area contributed by atoms with Crippen molar-refractivity contribution in [2.75, 3.05) is 33.5 Å². The van der Waals surface area contributed by atoms with Gasteiger partial charge in [-0.15, -0.1) is 0 Å². The molecule has 0 heterocycles. The van der Waals surface area contributed by atoms with Crippen LogP contribution >= 0.6 is 0 Å². The number of rotatable bonds is 28. The molecule has 0 saturated heterocycles. The lowest BCUT2D eigenvalue weighted by Crippen LogP contribution is -2.19. The van der Waals surface area contributed by atoms with Gasteiger partial charge in [-0.25, -0.2) is 9.59 Å². The van der Waals surface area contributed by atoms with Gasteiger partial charge < -0.3 is 28.4 Å². The highest BCUT2D eigenvalue weighted by Crippen LogP contribution is 2.34. The molecule has 1 aliphatic carbocycles. The fourth-order valence-corrected chi connectivity index (χ4v) is 6.36. The second kappa shape index (κ2) is 31.9. The van der Waals surface area contributed by atoms with E-state index in [-0.39, 0.29) is 23.9 Å². The molecule has 0 aromatic heterocycles. The predicted molar refractivity (Wildman–Crippen MR) is 224 cm³/mol. The highest BCUT2D eigenvalue weighted by molar-refractivity contribution is 5.91. The van der Waals surface area contributed by atoms with Crippen LogP contribution in [0.5, 0.6) is 11.5 Å². The van der Waals surface area contributed by atoms with E-state index >= 15 is 0 Å². The first-order valence-electron chi connectivity index (χ1n) is 21.5. The molecule has 3 rings (SSSR count). The smallest absolute Gasteiger partial charge is 0.343 e. The Hall–Kier alpha value is -4.18. The number of methoxy groups -OCH3 is 1. The molecule has 0 spiro atoms. The molecule has 0 radical (unpaired) electrons. The van der Waals surface area contributed by atoms with Gasteiger partial charge >= 0.3 is 23.9 Å². The zero-order valence-corrected chi connectivity index (χ0v) is 35.1. The molecule has 10 heteroatoms. The Kier molecular flexibility index (Phi) is 27.4. The van der Waals surface area contributed by atoms with Crippen molar-refractivity contribution in [3.05, 3.63) is 72.3 Å². The van der Waals surface area contributed by atoms with Gasteiger partial charge in [-0.3, -0.25) is 9.59 Å². The lowest BCUT2D eigenvalue weighted by Gasteiger charge is -2.27. The largest absolute Gasteiger partial charge is 0.494 e. The second-order valence-electron chi connectivity index (χ2n) is 14.6. The number of ether oxygens (including phenoxy) is 6. The summed E-state index contributed by atoms with van der Waals surface area (Å²) in [6.45, 7) is 9.64. The van der Waals surface area contributed by atoms with Gasteiger partial charge in [0, 0.05) is 26.0 Å². The number of hydrogen-bond donors (Lipinski definition) is 0. The lowest BCUT2D eigenvalue weighted by molar-refractivity contribution is -0.145. The summed E-state index contributed by atoms with van der Waals surface area (Å²) in [5, 5.41) is 0. The zero-order chi connectivity index (χ0) is 41.4. The van der Waals surface area contributed by atoms with Crippen LogP contribution in [0.25, 0.3) is 0 Å². The number of benzene rings is 2. The van der Waals surface area contributed by atoms with Crippen LogP contribution in [-0.2, 0) is 33.3 Å². The summed E-state index contributed by atoms with van der Waals surface area (Å²) < 4.78 is 32.0. The van der Waals surface area contributed by atoms with Gasteiger partial charge in [-0.1, -0.05) is 64.7 Å². The van der Waals surface area contributed by atoms with Crippen LogP contribution in [0.3, 0.4) is 0 Å². The van der Waals surface area contributed by atoms with Crippen LogP contribution in [0.1, 0.15) is 164 Å². The van der Waals surface area contributed by atoms with Crippen molar-refractivity contribution in [1.29, 1.82) is 0 Å². The van der Waals surface area contributed by atoms with Crippen molar-refractivity contribution in [3.63, 3.8) is 0 Å². The van der Waals surface area contributed by atoms with Crippen LogP contribution in [0.4, 0.5) is 0 Å². The molecule has 0 N–H and O–H groups in total. The normalized spacial score (nSPS) is 14.7. The quantitative estimate of drug-likeness (QED) is 0.0270. The Balaban J connectivity index is 0.000000441. The first-order chi connectivity index (χ1) is 27.8. The molecular weight excluding hydrogens is 725 g/mol. The van der Waals surface area contributed by atoms with Crippen molar-refractivity contribution in [3.8, 4) is 11.5 Å². The zero-order valence-electron chi connectivity index (χ0n) is 35.1. The van der Waals surface area contributed by atoms with Crippen molar-refractivity contribution >= 4 is 23.9 Å². The SMILES string of the molecule is C=CC(=O)OCCCCCCOc1ccc(C(=O)Oc2ccc(C3CCC(OC)CC3)cc2)cc1.CCCCCCCOC(=O)CCCCCOC(=O)CCCC. The minimum atomic E-state index is -0.387. The molecule has 0 aliphatic heterocycles. The molecule has 0 unspecified atom stereocenters. The van der Waals surface area contributed by atoms with Crippen molar-refractivity contribution in [2.45, 2.75) is 154 Å². The molecule has 57 heavy (non-hydrogen) atoms. The number of unbranched alkanes of at least 4 members (excludes halogenated alkanes) is 10. The third-order valence-electron chi connectivity index (χ3n) is 9.91. The fraction of sp³-hybridized carbons (Fsp3) is 0.617. The minimum Gasteiger partial charge on any atom is -0.494 e. The number of carbonyl (C=O) groups excluding carboxylic acids is 4. The molecule has 318 valence electrons. The monoisotopic (exact) mass is 794 g/mol. The summed E-state index contributed by atoms with van der Waals surface area (Å²) >= 11 is 0. The Labute approximate surface area is 342 Å². The van der Waals surface area contributed by atoms with E-state index in [0.717, 1.165) is 96.3 Å². The number of carbonyl (C=O) groups is 4. The number of hydrogen-bond acceptors (Lipinski definition) is 10. The molecule has 1 fully saturated rings. The summed E-state index contributed by atoms with van der Waals surface area (Å²) in [5.41, 5.74) is 1.77. The van der Waals surface area contributed by atoms with E-state index in [1.807, 2.05) is 12.1 Å². The fourth-order valence-electron chi connectivity index (χ4n) is 6.36. The molecule has 0 amide bonds. The van der Waals surface area contributed by atoms with Crippen LogP contribution in [0, 0.1) is 0 Å². The van der Waals surface area contributed by atoms with Gasteiger partial charge in [0.1, 0.15) is 11.5 Å². The van der Waals surface area contributed by atoms with Crippen LogP contribution in [0.15, 0.2) is 61.2 Å². The number of esters is 4. The Morgan fingerprint density at radius 1 is 0.596 bits per heavy atom. The third-order valence-corrected chi connectivity index (χ3v) is 9.91. The van der Waals surface area contributed by atoms with E-state index in [0.29, 0.717) is 68.4 Å². The Morgan fingerprint density at radius 3 is 1.67 bits per heavy atom. The average molecular weight is 795 g/mol. The maximum Gasteiger partial charge on any atom is 0.343 e. The van der Waals surface area contributed by atoms with Gasteiger partial charge in [0.15, 0.2) is 0 Å². The standard InChI is InChI=1S/C29H36O6.C18H34O4/c1-3-28(30)34-21-7-5-4-6-20-33-26-16-12-24(13-17-26)29(31)35-27-18-10-23(11-19-27)22-8-14-25(32-2)15-9-22;1-3-5-7-8-11-15-22-18(20)14-10-9-12-16-21-17(19)13-6-4-2/h3,10-13,16-19,22,25H,1,4-9,14-15,20-21H2,2H3;3-16H2,1-2H3. The van der Waals surface area contributed by atoms with Crippen molar-refractivity contribution in [2.24, 2.45) is 0 Å². The molecule has 0 bridgehead atoms. The van der Waals surface area contributed by atoms with Gasteiger partial charge in [0.2, 0.25) is 0 Å². The van der Waals surface area contributed by atoms with E-state index in [1.54, 1.807) is 31.4 Å². The molecule has 2 aromatic carbocycles. The summed E-state index contributed by atoms with van der Waals surface area (Å²) in [6, 6.07) is 14.9. The molecule has 2 aromatic rings. The lowest BCUT2D eigenvalue weighted by atomic mass is 9.83. The van der Waals surface area contributed by atoms with Crippen molar-refractivity contribution in [1.82, 2.24) is 0 Å². The summed E-state index contributed by atoms with van der Waals surface area (Å²) in [4.78, 5) is 46.2. The first kappa shape index (κ1) is 49.0. The highest BCUT2D eigenvalue weighted by atomic mass is 16.5. The molecule has 10 nitrogen and oxygen atoms in total. The summed E-state index contributed by atoms with van der Waals surface area (Å²) in [7, 11) is 1.79. The molecular formula is C47H70O10. The van der Waals surface area contributed by atoms with E-state index < -0.39 is 0 Å². The molecule has 1 aliphatic rings. The van der Waals surface area contributed by atoms with E-state index in [2.05, 4.69) is 32.6 Å². The maximum absolute atomic E-state index is 12.5. The van der Waals surface area contributed by atoms with Gasteiger partial charge in [0.05, 0.1) is 38.1 Å². The van der Waals surface area contributed by atoms with Gasteiger partial charge in [-0.2, -0.15) is 0 Å². The van der Waals surface area contributed by atoms with Crippen LogP contribution < -0.4 is 9.47 Å². The van der Waals surface area contributed by atoms with E-state index in [9.17, 15) is 19.2 Å². The molecule has 1 saturated carbocycles. The highest BCUT2D eigenvalue weighted by Gasteiger charge is 2.22. The summed E-state index contributed by atoms with van der Waals surface area (Å²) in [5.74, 6) is 0.829. The molecule has 0 atom stereocenters. The Morgan fingerprint density at radius 2 is 1.11 bits per heavy atom. The van der Waals surface area contributed by atoms with Gasteiger partial charge in [0.25, 0.3) is 0 Å². The summed E-state index contributed by atoms with van der Waals surface area (Å²) in [6.07, 6.45) is 20.9. The predicted octanol–water partition coefficient (Wildman–Crippen LogP) is 11.0. The van der Waals surface area contributed by atoms with Crippen LogP contribution in [-0.4, -0.2) is 63.5 Å². The van der Waals surface area contributed by atoms with Crippen molar-refractivity contribution < 1.29 is 47.6 Å². The first-order valence-corrected chi connectivity index (χ1v) is 21.5. The van der Waals surface area contributed by atoms with E-state index in [1.165, 1.54) is 30.9 Å². The third kappa shape index (κ3) is 23.6. The van der Waals surface area contributed by atoms with E-state index in [4.69, 9.17) is 28.4 Å². The average Bonchev–Trinajstić information content (AvgIpc) is 3.24. The Bertz CT molecular complexity index is 1380. The topological polar surface area (TPSA) is 124 Å². The van der Waals surface area contributed by atoms with Crippen LogP contribution in [0.2, 0.25) is 0 Å². The minimum absolute atomic E-state index is 0.101. The second-order valence-corrected chi connectivity index (χ2v) is 14.6.